The molecular weight excluding hydrogens is 272 g/mol. The van der Waals surface area contributed by atoms with E-state index in [2.05, 4.69) is 10.3 Å². The summed E-state index contributed by atoms with van der Waals surface area (Å²) in [6.45, 7) is 6.79. The van der Waals surface area contributed by atoms with Crippen molar-refractivity contribution in [2.75, 3.05) is 0 Å². The highest BCUT2D eigenvalue weighted by molar-refractivity contribution is 6.03. The van der Waals surface area contributed by atoms with E-state index in [0.717, 1.165) is 12.8 Å². The van der Waals surface area contributed by atoms with Crippen LogP contribution in [0.5, 0.6) is 0 Å². The van der Waals surface area contributed by atoms with E-state index in [0.29, 0.717) is 23.2 Å². The van der Waals surface area contributed by atoms with Gasteiger partial charge in [0.25, 0.3) is 5.91 Å². The van der Waals surface area contributed by atoms with Gasteiger partial charge in [-0.15, -0.1) is 0 Å². The molecule has 6 heteroatoms. The third-order valence-corrected chi connectivity index (χ3v) is 3.47. The number of carbonyl (C=O) groups excluding carboxylic acids is 2. The zero-order chi connectivity index (χ0) is 16.2. The average Bonchev–Trinajstić information content (AvgIpc) is 2.69. The van der Waals surface area contributed by atoms with E-state index >= 15 is 0 Å². The van der Waals surface area contributed by atoms with Crippen molar-refractivity contribution in [2.24, 2.45) is 0 Å². The van der Waals surface area contributed by atoms with E-state index in [-0.39, 0.29) is 11.5 Å². The molecule has 1 amide bonds. The summed E-state index contributed by atoms with van der Waals surface area (Å²) in [6, 6.07) is -0.916. The topological polar surface area (TPSA) is 99.3 Å². The fraction of sp³-hybridized carbons (Fsp3) is 0.533. The van der Waals surface area contributed by atoms with Crippen LogP contribution in [0.1, 0.15) is 65.2 Å². The van der Waals surface area contributed by atoms with Gasteiger partial charge >= 0.3 is 5.97 Å². The van der Waals surface area contributed by atoms with Crippen LogP contribution in [0.4, 0.5) is 0 Å². The lowest BCUT2D eigenvalue weighted by Crippen LogP contribution is -2.41. The minimum absolute atomic E-state index is 0.124. The van der Waals surface area contributed by atoms with Gasteiger partial charge in [-0.1, -0.05) is 19.8 Å². The Morgan fingerprint density at radius 1 is 1.29 bits per heavy atom. The number of carboxylic acids is 1. The van der Waals surface area contributed by atoms with E-state index in [1.165, 1.54) is 6.92 Å². The van der Waals surface area contributed by atoms with Gasteiger partial charge in [0.1, 0.15) is 11.7 Å². The molecule has 1 aromatic rings. The molecule has 0 aliphatic carbocycles. The summed E-state index contributed by atoms with van der Waals surface area (Å²) in [5.41, 5.74) is 1.91. The lowest BCUT2D eigenvalue weighted by molar-refractivity contribution is -0.139. The molecule has 0 bridgehead atoms. The Bertz CT molecular complexity index is 560. The maximum absolute atomic E-state index is 12.2. The zero-order valence-corrected chi connectivity index (χ0v) is 12.9. The van der Waals surface area contributed by atoms with Crippen LogP contribution in [-0.2, 0) is 4.79 Å². The predicted molar refractivity (Wildman–Crippen MR) is 78.7 cm³/mol. The summed E-state index contributed by atoms with van der Waals surface area (Å²) in [4.78, 5) is 37.8. The Kier molecular flexibility index (Phi) is 5.69. The first kappa shape index (κ1) is 16.9. The molecular formula is C15H22N2O4. The SMILES string of the molecule is CCCC[C@H](NC(=O)c1[nH]c(C)c(C(C)=O)c1C)C(=O)O. The summed E-state index contributed by atoms with van der Waals surface area (Å²) >= 11 is 0. The maximum atomic E-state index is 12.2. The Labute approximate surface area is 123 Å². The van der Waals surface area contributed by atoms with Crippen molar-refractivity contribution >= 4 is 17.7 Å². The van der Waals surface area contributed by atoms with Crippen molar-refractivity contribution in [3.63, 3.8) is 0 Å². The first-order chi connectivity index (χ1) is 9.79. The van der Waals surface area contributed by atoms with Crippen LogP contribution in [0, 0.1) is 13.8 Å². The fourth-order valence-electron chi connectivity index (χ4n) is 2.40. The molecule has 0 saturated carbocycles. The third-order valence-electron chi connectivity index (χ3n) is 3.47. The summed E-state index contributed by atoms with van der Waals surface area (Å²) < 4.78 is 0. The van der Waals surface area contributed by atoms with Gasteiger partial charge in [0.05, 0.1) is 0 Å². The number of aromatic amines is 1. The van der Waals surface area contributed by atoms with Crippen LogP contribution in [0.3, 0.4) is 0 Å². The number of amides is 1. The van der Waals surface area contributed by atoms with Crippen molar-refractivity contribution in [1.29, 1.82) is 0 Å². The zero-order valence-electron chi connectivity index (χ0n) is 12.9. The van der Waals surface area contributed by atoms with E-state index in [9.17, 15) is 14.4 Å². The second kappa shape index (κ2) is 7.06. The molecule has 1 aromatic heterocycles. The Morgan fingerprint density at radius 3 is 2.33 bits per heavy atom. The van der Waals surface area contributed by atoms with E-state index in [1.807, 2.05) is 6.92 Å². The number of unbranched alkanes of at least 4 members (excludes halogenated alkanes) is 1. The van der Waals surface area contributed by atoms with Gasteiger partial charge in [-0.05, 0) is 32.8 Å². The summed E-state index contributed by atoms with van der Waals surface area (Å²) in [6.07, 6.45) is 1.96. The predicted octanol–water partition coefficient (Wildman–Crippen LogP) is 2.21. The first-order valence-corrected chi connectivity index (χ1v) is 7.03. The van der Waals surface area contributed by atoms with Gasteiger partial charge in [0.2, 0.25) is 0 Å². The normalized spacial score (nSPS) is 12.0. The third kappa shape index (κ3) is 3.93. The molecule has 0 saturated heterocycles. The Balaban J connectivity index is 2.96. The van der Waals surface area contributed by atoms with Crippen LogP contribution in [0.25, 0.3) is 0 Å². The van der Waals surface area contributed by atoms with Gasteiger partial charge in [0, 0.05) is 11.3 Å². The van der Waals surface area contributed by atoms with Crippen molar-refractivity contribution in [3.8, 4) is 0 Å². The molecule has 0 fully saturated rings. The van der Waals surface area contributed by atoms with Crippen LogP contribution in [-0.4, -0.2) is 33.8 Å². The fourth-order valence-corrected chi connectivity index (χ4v) is 2.40. The number of aliphatic carboxylic acids is 1. The molecule has 116 valence electrons. The standard InChI is InChI=1S/C15H22N2O4/c1-5-6-7-11(15(20)21)17-14(19)13-8(2)12(10(4)18)9(3)16-13/h11,16H,5-7H2,1-4H3,(H,17,19)(H,20,21)/t11-/m0/s1. The Hall–Kier alpha value is -2.11. The molecule has 0 aliphatic rings. The molecule has 3 N–H and O–H groups in total. The molecule has 21 heavy (non-hydrogen) atoms. The Morgan fingerprint density at radius 2 is 1.90 bits per heavy atom. The quantitative estimate of drug-likeness (QED) is 0.671. The van der Waals surface area contributed by atoms with Crippen LogP contribution < -0.4 is 5.32 Å². The minimum atomic E-state index is -1.05. The number of H-pyrrole nitrogens is 1. The highest BCUT2D eigenvalue weighted by Gasteiger charge is 2.24. The summed E-state index contributed by atoms with van der Waals surface area (Å²) in [5, 5.41) is 11.6. The largest absolute Gasteiger partial charge is 0.480 e. The number of aromatic nitrogens is 1. The molecule has 0 spiro atoms. The monoisotopic (exact) mass is 294 g/mol. The van der Waals surface area contributed by atoms with Gasteiger partial charge in [-0.3, -0.25) is 9.59 Å². The second-order valence-electron chi connectivity index (χ2n) is 5.19. The number of carboxylic acid groups (broad SMARTS) is 1. The van der Waals surface area contributed by atoms with Crippen LogP contribution in [0.15, 0.2) is 0 Å². The molecule has 0 aliphatic heterocycles. The van der Waals surface area contributed by atoms with Gasteiger partial charge < -0.3 is 15.4 Å². The van der Waals surface area contributed by atoms with Gasteiger partial charge in [0.15, 0.2) is 5.78 Å². The molecule has 6 nitrogen and oxygen atoms in total. The molecule has 0 aromatic carbocycles. The average molecular weight is 294 g/mol. The number of nitrogens with one attached hydrogen (secondary N) is 2. The smallest absolute Gasteiger partial charge is 0.326 e. The second-order valence-corrected chi connectivity index (χ2v) is 5.19. The number of aryl methyl sites for hydroxylation is 1. The first-order valence-electron chi connectivity index (χ1n) is 7.03. The number of rotatable bonds is 7. The molecule has 1 rings (SSSR count). The molecule has 0 radical (unpaired) electrons. The number of Topliss-reactive ketones (excluding diaryl/α,β-unsaturated/α-hetero) is 1. The number of carbonyl (C=O) groups is 3. The van der Waals surface area contributed by atoms with Gasteiger partial charge in [-0.2, -0.15) is 0 Å². The molecule has 1 heterocycles. The van der Waals surface area contributed by atoms with Crippen molar-refractivity contribution in [1.82, 2.24) is 10.3 Å². The van der Waals surface area contributed by atoms with Crippen molar-refractivity contribution in [2.45, 2.75) is 53.0 Å². The highest BCUT2D eigenvalue weighted by Crippen LogP contribution is 2.18. The lowest BCUT2D eigenvalue weighted by atomic mass is 10.1. The van der Waals surface area contributed by atoms with Crippen molar-refractivity contribution < 1.29 is 19.5 Å². The molecule has 0 unspecified atom stereocenters. The number of ketones is 1. The van der Waals surface area contributed by atoms with E-state index in [1.54, 1.807) is 13.8 Å². The number of hydrogen-bond donors (Lipinski definition) is 3. The lowest BCUT2D eigenvalue weighted by Gasteiger charge is -2.13. The minimum Gasteiger partial charge on any atom is -0.480 e. The van der Waals surface area contributed by atoms with E-state index < -0.39 is 17.9 Å². The van der Waals surface area contributed by atoms with E-state index in [4.69, 9.17) is 5.11 Å². The highest BCUT2D eigenvalue weighted by atomic mass is 16.4. The van der Waals surface area contributed by atoms with Crippen LogP contribution in [0.2, 0.25) is 0 Å². The summed E-state index contributed by atoms with van der Waals surface area (Å²) in [5.74, 6) is -1.67. The summed E-state index contributed by atoms with van der Waals surface area (Å²) in [7, 11) is 0. The molecule has 1 atom stereocenters. The maximum Gasteiger partial charge on any atom is 0.326 e. The number of hydrogen-bond acceptors (Lipinski definition) is 3. The van der Waals surface area contributed by atoms with Crippen molar-refractivity contribution in [3.05, 3.63) is 22.5 Å². The van der Waals surface area contributed by atoms with Crippen LogP contribution >= 0.6 is 0 Å². The van der Waals surface area contributed by atoms with Gasteiger partial charge in [-0.25, -0.2) is 4.79 Å².